The van der Waals surface area contributed by atoms with Crippen molar-refractivity contribution in [2.75, 3.05) is 5.32 Å². The van der Waals surface area contributed by atoms with Crippen LogP contribution in [0.2, 0.25) is 0 Å². The van der Waals surface area contributed by atoms with E-state index in [-0.39, 0.29) is 11.3 Å². The first-order valence-corrected chi connectivity index (χ1v) is 12.2. The maximum absolute atomic E-state index is 12.4. The molecule has 4 aromatic heterocycles. The summed E-state index contributed by atoms with van der Waals surface area (Å²) in [5.74, 6) is 1.98. The summed E-state index contributed by atoms with van der Waals surface area (Å²) in [5, 5.41) is 16.9. The Kier molecular flexibility index (Phi) is 5.13. The molecule has 1 saturated carbocycles. The van der Waals surface area contributed by atoms with Gasteiger partial charge in [0.15, 0.2) is 5.82 Å². The first-order chi connectivity index (χ1) is 15.7. The van der Waals surface area contributed by atoms with Gasteiger partial charge < -0.3 is 15.0 Å². The van der Waals surface area contributed by atoms with Gasteiger partial charge in [0.25, 0.3) is 10.0 Å². The molecule has 1 aliphatic carbocycles. The van der Waals surface area contributed by atoms with Crippen LogP contribution in [0.15, 0.2) is 36.9 Å². The van der Waals surface area contributed by atoms with Crippen molar-refractivity contribution in [2.45, 2.75) is 51.0 Å². The average molecular weight is 469 g/mol. The van der Waals surface area contributed by atoms with Gasteiger partial charge in [0.2, 0.25) is 0 Å². The third-order valence-corrected chi connectivity index (χ3v) is 7.46. The molecule has 5 rings (SSSR count). The van der Waals surface area contributed by atoms with Crippen molar-refractivity contribution in [1.82, 2.24) is 33.7 Å². The topological polar surface area (TPSA) is 141 Å². The highest BCUT2D eigenvalue weighted by Gasteiger charge is 2.37. The van der Waals surface area contributed by atoms with Crippen LogP contribution in [-0.4, -0.2) is 52.5 Å². The predicted octanol–water partition coefficient (Wildman–Crippen LogP) is 2.80. The van der Waals surface area contributed by atoms with Crippen LogP contribution in [-0.2, 0) is 10.0 Å². The highest BCUT2D eigenvalue weighted by Crippen LogP contribution is 2.30. The van der Waals surface area contributed by atoms with Crippen LogP contribution in [0.25, 0.3) is 22.4 Å². The first-order valence-electron chi connectivity index (χ1n) is 10.7. The predicted molar refractivity (Wildman–Crippen MR) is 122 cm³/mol. The van der Waals surface area contributed by atoms with E-state index in [9.17, 15) is 13.5 Å². The molecular weight excluding hydrogens is 444 g/mol. The molecule has 12 heteroatoms. The number of nitrogens with zero attached hydrogens (tertiary/aromatic N) is 7. The summed E-state index contributed by atoms with van der Waals surface area (Å²) in [6, 6.07) is 3.65. The summed E-state index contributed by atoms with van der Waals surface area (Å²) < 4.78 is 27.8. The number of aliphatic hydroxyl groups excluding tert-OH is 1. The molecule has 0 bridgehead atoms. The van der Waals surface area contributed by atoms with Gasteiger partial charge in [-0.2, -0.15) is 9.19 Å². The summed E-state index contributed by atoms with van der Waals surface area (Å²) in [4.78, 5) is 17.7. The minimum absolute atomic E-state index is 0.101. The number of hydrogen-bond acceptors (Lipinski definition) is 9. The summed E-state index contributed by atoms with van der Waals surface area (Å²) in [5.41, 5.74) is 2.04. The molecule has 0 spiro atoms. The molecule has 1 atom stereocenters. The van der Waals surface area contributed by atoms with Crippen molar-refractivity contribution in [3.63, 3.8) is 0 Å². The Morgan fingerprint density at radius 1 is 1.12 bits per heavy atom. The van der Waals surface area contributed by atoms with Crippen molar-refractivity contribution >= 4 is 32.7 Å². The number of aromatic nitrogens is 7. The van der Waals surface area contributed by atoms with E-state index in [4.69, 9.17) is 0 Å². The number of fused-ring (bicyclic) bond motifs is 1. The molecule has 172 valence electrons. The van der Waals surface area contributed by atoms with E-state index in [1.165, 1.54) is 12.4 Å². The lowest BCUT2D eigenvalue weighted by molar-refractivity contribution is 0.182. The zero-order valence-electron chi connectivity index (χ0n) is 18.4. The van der Waals surface area contributed by atoms with Crippen LogP contribution in [0.4, 0.5) is 11.6 Å². The van der Waals surface area contributed by atoms with Crippen LogP contribution in [0.5, 0.6) is 0 Å². The Morgan fingerprint density at radius 2 is 1.91 bits per heavy atom. The van der Waals surface area contributed by atoms with E-state index in [1.807, 2.05) is 24.5 Å². The summed E-state index contributed by atoms with van der Waals surface area (Å²) in [6.07, 6.45) is 6.75. The molecule has 0 aliphatic heterocycles. The summed E-state index contributed by atoms with van der Waals surface area (Å²) >= 11 is 0. The zero-order valence-corrected chi connectivity index (χ0v) is 19.2. The monoisotopic (exact) mass is 468 g/mol. The fourth-order valence-electron chi connectivity index (χ4n) is 3.70. The Bertz CT molecular complexity index is 1440. The van der Waals surface area contributed by atoms with Gasteiger partial charge in [-0.05, 0) is 39.7 Å². The highest BCUT2D eigenvalue weighted by molar-refractivity contribution is 7.90. The van der Waals surface area contributed by atoms with Crippen LogP contribution in [0, 0.1) is 0 Å². The summed E-state index contributed by atoms with van der Waals surface area (Å²) in [7, 11) is -3.45. The summed E-state index contributed by atoms with van der Waals surface area (Å²) in [6.45, 7) is 5.74. The van der Waals surface area contributed by atoms with E-state index in [2.05, 4.69) is 30.4 Å². The standard InChI is InChI=1S/C21H24N8O3S/c1-12(2)29-17-8-19(23-10-16(17)25-21(29)13(3)30)26-18-6-7-22-20(27-18)14-9-24-28(11-14)33(31,32)15-4-5-15/h6-13,15,30H,4-5H2,1-3H3,(H,22,23,26,27)/t13-/m0/s1. The highest BCUT2D eigenvalue weighted by atomic mass is 32.2. The smallest absolute Gasteiger partial charge is 0.256 e. The molecule has 2 N–H and O–H groups in total. The lowest BCUT2D eigenvalue weighted by Gasteiger charge is -2.14. The Hall–Kier alpha value is -3.38. The number of aliphatic hydroxyl groups is 1. The third-order valence-electron chi connectivity index (χ3n) is 5.43. The average Bonchev–Trinajstić information content (AvgIpc) is 3.39. The van der Waals surface area contributed by atoms with Gasteiger partial charge in [0.05, 0.1) is 34.9 Å². The van der Waals surface area contributed by atoms with Gasteiger partial charge in [-0.25, -0.2) is 28.4 Å². The SMILES string of the molecule is CC(C)n1c([C@H](C)O)nc2cnc(Nc3ccnc(-c4cnn(S(=O)(=O)C5CC5)c4)n3)cc21. The number of hydrogen-bond donors (Lipinski definition) is 2. The molecule has 0 amide bonds. The van der Waals surface area contributed by atoms with Crippen molar-refractivity contribution in [3.05, 3.63) is 42.7 Å². The van der Waals surface area contributed by atoms with Crippen LogP contribution in [0.1, 0.15) is 51.6 Å². The van der Waals surface area contributed by atoms with Crippen molar-refractivity contribution < 1.29 is 13.5 Å². The van der Waals surface area contributed by atoms with Gasteiger partial charge in [-0.1, -0.05) is 0 Å². The Labute approximate surface area is 190 Å². The van der Waals surface area contributed by atoms with E-state index >= 15 is 0 Å². The van der Waals surface area contributed by atoms with Gasteiger partial charge >= 0.3 is 0 Å². The molecule has 0 saturated heterocycles. The molecule has 11 nitrogen and oxygen atoms in total. The van der Waals surface area contributed by atoms with Gasteiger partial charge in [-0.15, -0.1) is 0 Å². The van der Waals surface area contributed by atoms with Crippen molar-refractivity contribution in [3.8, 4) is 11.4 Å². The maximum Gasteiger partial charge on any atom is 0.256 e. The Balaban J connectivity index is 1.44. The number of imidazole rings is 1. The molecular formula is C21H24N8O3S. The molecule has 0 unspecified atom stereocenters. The lowest BCUT2D eigenvalue weighted by Crippen LogP contribution is -2.17. The fraction of sp³-hybridized carbons (Fsp3) is 0.381. The quantitative estimate of drug-likeness (QED) is 0.419. The second kappa shape index (κ2) is 7.89. The molecule has 1 aliphatic rings. The van der Waals surface area contributed by atoms with Crippen molar-refractivity contribution in [2.24, 2.45) is 0 Å². The maximum atomic E-state index is 12.4. The Morgan fingerprint density at radius 3 is 2.61 bits per heavy atom. The third kappa shape index (κ3) is 3.95. The molecule has 33 heavy (non-hydrogen) atoms. The van der Waals surface area contributed by atoms with E-state index in [0.717, 1.165) is 9.60 Å². The minimum atomic E-state index is -3.45. The largest absolute Gasteiger partial charge is 0.385 e. The first kappa shape index (κ1) is 21.5. The second-order valence-corrected chi connectivity index (χ2v) is 10.5. The van der Waals surface area contributed by atoms with Gasteiger partial charge in [-0.3, -0.25) is 0 Å². The molecule has 1 fully saturated rings. The normalized spacial score (nSPS) is 15.3. The van der Waals surface area contributed by atoms with Gasteiger partial charge in [0.1, 0.15) is 29.1 Å². The molecule has 4 aromatic rings. The van der Waals surface area contributed by atoms with E-state index < -0.39 is 16.1 Å². The fourth-order valence-corrected chi connectivity index (χ4v) is 5.18. The molecule has 4 heterocycles. The minimum Gasteiger partial charge on any atom is -0.385 e. The van der Waals surface area contributed by atoms with Crippen LogP contribution < -0.4 is 5.32 Å². The second-order valence-electron chi connectivity index (χ2n) is 8.40. The van der Waals surface area contributed by atoms with Crippen molar-refractivity contribution in [1.29, 1.82) is 0 Å². The van der Waals surface area contributed by atoms with E-state index in [1.54, 1.807) is 25.4 Å². The van der Waals surface area contributed by atoms with Gasteiger partial charge in [0, 0.05) is 18.3 Å². The number of anilines is 2. The number of pyridine rings is 1. The molecule has 0 radical (unpaired) electrons. The van der Waals surface area contributed by atoms with Crippen LogP contribution >= 0.6 is 0 Å². The van der Waals surface area contributed by atoms with Crippen LogP contribution in [0.3, 0.4) is 0 Å². The zero-order chi connectivity index (χ0) is 23.3. The number of rotatable bonds is 7. The van der Waals surface area contributed by atoms with E-state index in [0.29, 0.717) is 47.2 Å². The number of nitrogens with one attached hydrogen (secondary N) is 1. The lowest BCUT2D eigenvalue weighted by atomic mass is 10.3. The molecule has 0 aromatic carbocycles.